The van der Waals surface area contributed by atoms with Crippen molar-refractivity contribution in [3.63, 3.8) is 0 Å². The van der Waals surface area contributed by atoms with Crippen LogP contribution in [0.15, 0.2) is 71.7 Å². The Morgan fingerprint density at radius 3 is 2.72 bits per heavy atom. The summed E-state index contributed by atoms with van der Waals surface area (Å²) in [6, 6.07) is 22.2. The summed E-state index contributed by atoms with van der Waals surface area (Å²) in [6.45, 7) is 4.15. The fraction of sp³-hybridized carbons (Fsp3) is 0.250. The summed E-state index contributed by atoms with van der Waals surface area (Å²) in [5.74, 6) is 1.51. The van der Waals surface area contributed by atoms with Crippen molar-refractivity contribution in [2.24, 2.45) is 4.99 Å². The van der Waals surface area contributed by atoms with E-state index in [1.807, 2.05) is 72.5 Å². The quantitative estimate of drug-likeness (QED) is 0.558. The van der Waals surface area contributed by atoms with Gasteiger partial charge in [0.05, 0.1) is 5.69 Å². The van der Waals surface area contributed by atoms with Crippen LogP contribution in [0.2, 0.25) is 0 Å². The molecule has 0 radical (unpaired) electrons. The minimum Gasteiger partial charge on any atom is -0.484 e. The lowest BCUT2D eigenvalue weighted by Crippen LogP contribution is -2.41. The predicted molar refractivity (Wildman–Crippen MR) is 121 cm³/mol. The van der Waals surface area contributed by atoms with E-state index in [0.29, 0.717) is 5.75 Å². The molecule has 4 nitrogen and oxygen atoms in total. The van der Waals surface area contributed by atoms with E-state index in [4.69, 9.17) is 9.73 Å². The molecule has 4 rings (SSSR count). The van der Waals surface area contributed by atoms with Gasteiger partial charge in [0.2, 0.25) is 0 Å². The van der Waals surface area contributed by atoms with Crippen LogP contribution in [0.1, 0.15) is 18.9 Å². The molecule has 0 spiro atoms. The number of rotatable bonds is 5. The molecular formula is C24H24N2O2S. The van der Waals surface area contributed by atoms with E-state index in [0.717, 1.165) is 39.4 Å². The Morgan fingerprint density at radius 1 is 1.10 bits per heavy atom. The lowest BCUT2D eigenvalue weighted by atomic mass is 10.1. The Morgan fingerprint density at radius 2 is 1.93 bits per heavy atom. The van der Waals surface area contributed by atoms with E-state index in [1.165, 1.54) is 0 Å². The molecule has 1 amide bonds. The van der Waals surface area contributed by atoms with Crippen molar-refractivity contribution in [3.8, 4) is 5.75 Å². The summed E-state index contributed by atoms with van der Waals surface area (Å²) >= 11 is 1.64. The first kappa shape index (κ1) is 19.5. The zero-order valence-electron chi connectivity index (χ0n) is 16.7. The molecule has 0 N–H and O–H groups in total. The largest absolute Gasteiger partial charge is 0.484 e. The van der Waals surface area contributed by atoms with E-state index in [2.05, 4.69) is 13.0 Å². The van der Waals surface area contributed by atoms with Gasteiger partial charge in [0.25, 0.3) is 5.91 Å². The van der Waals surface area contributed by atoms with Crippen molar-refractivity contribution in [2.45, 2.75) is 26.3 Å². The van der Waals surface area contributed by atoms with Crippen LogP contribution in [-0.2, 0) is 4.79 Å². The molecule has 0 unspecified atom stereocenters. The number of aliphatic imine (C=N–C) groups is 1. The molecule has 0 aromatic heterocycles. The number of aryl methyl sites for hydroxylation is 1. The molecule has 1 aliphatic rings. The molecule has 29 heavy (non-hydrogen) atoms. The summed E-state index contributed by atoms with van der Waals surface area (Å²) in [4.78, 5) is 19.6. The number of carbonyl (C=O) groups excluding carboxylic acids is 1. The normalized spacial score (nSPS) is 17.8. The van der Waals surface area contributed by atoms with Gasteiger partial charge in [0, 0.05) is 11.8 Å². The van der Waals surface area contributed by atoms with Crippen LogP contribution in [0, 0.1) is 6.92 Å². The Hall–Kier alpha value is -2.79. The average molecular weight is 405 g/mol. The Balaban J connectivity index is 1.51. The molecule has 0 aliphatic carbocycles. The second-order valence-corrected chi connectivity index (χ2v) is 8.15. The van der Waals surface area contributed by atoms with Gasteiger partial charge >= 0.3 is 0 Å². The van der Waals surface area contributed by atoms with Crippen LogP contribution < -0.4 is 4.74 Å². The summed E-state index contributed by atoms with van der Waals surface area (Å²) in [5, 5.41) is 3.01. The van der Waals surface area contributed by atoms with Gasteiger partial charge in [0.15, 0.2) is 11.8 Å². The number of amides is 1. The summed E-state index contributed by atoms with van der Waals surface area (Å²) < 4.78 is 5.84. The third-order valence-electron chi connectivity index (χ3n) is 5.03. The monoisotopic (exact) mass is 404 g/mol. The zero-order valence-corrected chi connectivity index (χ0v) is 17.5. The van der Waals surface area contributed by atoms with Gasteiger partial charge < -0.3 is 4.74 Å². The van der Waals surface area contributed by atoms with Gasteiger partial charge in [-0.2, -0.15) is 0 Å². The van der Waals surface area contributed by atoms with Crippen molar-refractivity contribution in [3.05, 3.63) is 72.3 Å². The van der Waals surface area contributed by atoms with Crippen LogP contribution in [0.5, 0.6) is 5.75 Å². The van der Waals surface area contributed by atoms with Gasteiger partial charge in [0.1, 0.15) is 5.75 Å². The highest BCUT2D eigenvalue weighted by Crippen LogP contribution is 2.29. The maximum Gasteiger partial charge on any atom is 0.266 e. The van der Waals surface area contributed by atoms with Gasteiger partial charge in [-0.25, -0.2) is 4.99 Å². The van der Waals surface area contributed by atoms with E-state index in [-0.39, 0.29) is 18.6 Å². The van der Waals surface area contributed by atoms with E-state index < -0.39 is 0 Å². The molecule has 1 saturated heterocycles. The number of amidine groups is 1. The number of benzene rings is 3. The molecule has 5 heteroatoms. The predicted octanol–water partition coefficient (Wildman–Crippen LogP) is 5.57. The van der Waals surface area contributed by atoms with Crippen molar-refractivity contribution >= 4 is 39.3 Å². The Labute approximate surface area is 175 Å². The van der Waals surface area contributed by atoms with E-state index >= 15 is 0 Å². The summed E-state index contributed by atoms with van der Waals surface area (Å²) in [6.07, 6.45) is 0.890. The van der Waals surface area contributed by atoms with Crippen molar-refractivity contribution in [1.82, 2.24) is 4.90 Å². The average Bonchev–Trinajstić information content (AvgIpc) is 3.14. The first-order valence-electron chi connectivity index (χ1n) is 9.86. The SMILES string of the molecule is CC[C@@H]1CSC(=Nc2cccc(C)c2)N1C(=O)COc1ccc2ccccc2c1. The van der Waals surface area contributed by atoms with Crippen molar-refractivity contribution in [2.75, 3.05) is 12.4 Å². The number of thioether (sulfide) groups is 1. The van der Waals surface area contributed by atoms with Crippen LogP contribution in [0.3, 0.4) is 0 Å². The third kappa shape index (κ3) is 4.46. The highest BCUT2D eigenvalue weighted by atomic mass is 32.2. The smallest absolute Gasteiger partial charge is 0.266 e. The number of ether oxygens (including phenoxy) is 1. The van der Waals surface area contributed by atoms with Gasteiger partial charge in [-0.1, -0.05) is 61.2 Å². The Bertz CT molecular complexity index is 1060. The molecular weight excluding hydrogens is 380 g/mol. The van der Waals surface area contributed by atoms with Crippen molar-refractivity contribution in [1.29, 1.82) is 0 Å². The molecule has 1 fully saturated rings. The standard InChI is InChI=1S/C24H24N2O2S/c1-3-21-16-29-24(25-20-10-6-7-17(2)13-20)26(21)23(27)15-28-22-12-11-18-8-4-5-9-19(18)14-22/h4-14,21H,3,15-16H2,1-2H3/t21-/m1/s1. The molecule has 3 aromatic rings. The minimum atomic E-state index is -0.0542. The van der Waals surface area contributed by atoms with Gasteiger partial charge in [-0.05, 0) is 53.9 Å². The topological polar surface area (TPSA) is 41.9 Å². The van der Waals surface area contributed by atoms with E-state index in [9.17, 15) is 4.79 Å². The number of nitrogens with zero attached hydrogens (tertiary/aromatic N) is 2. The maximum absolute atomic E-state index is 13.0. The fourth-order valence-electron chi connectivity index (χ4n) is 3.45. The summed E-state index contributed by atoms with van der Waals surface area (Å²) in [5.41, 5.74) is 2.02. The molecule has 1 heterocycles. The third-order valence-corrected chi connectivity index (χ3v) is 6.12. The zero-order chi connectivity index (χ0) is 20.2. The number of fused-ring (bicyclic) bond motifs is 1. The van der Waals surface area contributed by atoms with Crippen LogP contribution in [0.4, 0.5) is 5.69 Å². The Kier molecular flexibility index (Phi) is 5.86. The lowest BCUT2D eigenvalue weighted by molar-refractivity contribution is -0.130. The maximum atomic E-state index is 13.0. The molecule has 1 atom stereocenters. The van der Waals surface area contributed by atoms with Crippen molar-refractivity contribution < 1.29 is 9.53 Å². The number of hydrogen-bond acceptors (Lipinski definition) is 4. The van der Waals surface area contributed by atoms with Crippen LogP contribution in [0.25, 0.3) is 10.8 Å². The van der Waals surface area contributed by atoms with Gasteiger partial charge in [-0.3, -0.25) is 9.69 Å². The highest BCUT2D eigenvalue weighted by molar-refractivity contribution is 8.14. The number of carbonyl (C=O) groups is 1. The first-order valence-corrected chi connectivity index (χ1v) is 10.8. The highest BCUT2D eigenvalue weighted by Gasteiger charge is 2.34. The summed E-state index contributed by atoms with van der Waals surface area (Å²) in [7, 11) is 0. The van der Waals surface area contributed by atoms with Crippen LogP contribution >= 0.6 is 11.8 Å². The molecule has 3 aromatic carbocycles. The fourth-order valence-corrected chi connectivity index (χ4v) is 4.73. The lowest BCUT2D eigenvalue weighted by Gasteiger charge is -2.23. The van der Waals surface area contributed by atoms with Crippen LogP contribution in [-0.4, -0.2) is 34.4 Å². The molecule has 148 valence electrons. The second-order valence-electron chi connectivity index (χ2n) is 7.17. The number of hydrogen-bond donors (Lipinski definition) is 0. The van der Waals surface area contributed by atoms with Gasteiger partial charge in [-0.15, -0.1) is 0 Å². The minimum absolute atomic E-state index is 0.00222. The first-order chi connectivity index (χ1) is 14.1. The second kappa shape index (κ2) is 8.70. The van der Waals surface area contributed by atoms with E-state index in [1.54, 1.807) is 11.8 Å². The molecule has 0 saturated carbocycles. The molecule has 0 bridgehead atoms. The molecule has 1 aliphatic heterocycles.